The second-order valence-electron chi connectivity index (χ2n) is 7.00. The highest BCUT2D eigenvalue weighted by molar-refractivity contribution is 6.02. The quantitative estimate of drug-likeness (QED) is 0.518. The first-order valence-electron chi connectivity index (χ1n) is 9.64. The molecule has 0 saturated heterocycles. The molecule has 2 aromatic carbocycles. The van der Waals surface area contributed by atoms with Gasteiger partial charge in [0.2, 0.25) is 0 Å². The second-order valence-corrected chi connectivity index (χ2v) is 7.00. The van der Waals surface area contributed by atoms with Gasteiger partial charge in [-0.2, -0.15) is 0 Å². The van der Waals surface area contributed by atoms with Crippen molar-refractivity contribution in [1.29, 1.82) is 0 Å². The lowest BCUT2D eigenvalue weighted by molar-refractivity contribution is 0.0566. The molecule has 4 heteroatoms. The number of para-hydroxylation sites is 2. The molecule has 2 aromatic rings. The van der Waals surface area contributed by atoms with Crippen molar-refractivity contribution in [3.63, 3.8) is 0 Å². The number of nitrogens with zero attached hydrogens (tertiary/aromatic N) is 1. The van der Waals surface area contributed by atoms with Gasteiger partial charge in [0.15, 0.2) is 0 Å². The summed E-state index contributed by atoms with van der Waals surface area (Å²) >= 11 is 0. The van der Waals surface area contributed by atoms with E-state index in [9.17, 15) is 4.79 Å². The maximum absolute atomic E-state index is 13.2. The van der Waals surface area contributed by atoms with Crippen molar-refractivity contribution >= 4 is 11.6 Å². The van der Waals surface area contributed by atoms with Gasteiger partial charge in [-0.1, -0.05) is 56.2 Å². The molecule has 142 valence electrons. The summed E-state index contributed by atoms with van der Waals surface area (Å²) in [5.41, 5.74) is 1.75. The summed E-state index contributed by atoms with van der Waals surface area (Å²) < 4.78 is 6.10. The van der Waals surface area contributed by atoms with Crippen LogP contribution in [0.1, 0.15) is 49.0 Å². The van der Waals surface area contributed by atoms with Crippen LogP contribution >= 0.6 is 0 Å². The van der Waals surface area contributed by atoms with E-state index in [0.29, 0.717) is 18.7 Å². The normalized spacial score (nSPS) is 18.6. The molecular formula is C23H28N2O2. The van der Waals surface area contributed by atoms with E-state index in [1.165, 1.54) is 0 Å². The van der Waals surface area contributed by atoms with Crippen LogP contribution in [0, 0.1) is 0 Å². The molecule has 3 rings (SSSR count). The molecule has 4 nitrogen and oxygen atoms in total. The highest BCUT2D eigenvalue weighted by Gasteiger charge is 2.43. The summed E-state index contributed by atoms with van der Waals surface area (Å²) in [5, 5.41) is 3.57. The van der Waals surface area contributed by atoms with Crippen LogP contribution < -0.4 is 10.1 Å². The van der Waals surface area contributed by atoms with Gasteiger partial charge >= 0.3 is 0 Å². The van der Waals surface area contributed by atoms with Crippen molar-refractivity contribution in [2.75, 3.05) is 18.5 Å². The Morgan fingerprint density at radius 2 is 1.89 bits per heavy atom. The Kier molecular flexibility index (Phi) is 5.84. The highest BCUT2D eigenvalue weighted by atomic mass is 16.5. The number of anilines is 1. The summed E-state index contributed by atoms with van der Waals surface area (Å²) in [6.45, 7) is 9.17. The third-order valence-electron chi connectivity index (χ3n) is 5.05. The van der Waals surface area contributed by atoms with E-state index < -0.39 is 5.66 Å². The fourth-order valence-corrected chi connectivity index (χ4v) is 3.59. The Morgan fingerprint density at radius 1 is 1.15 bits per heavy atom. The number of nitrogens with one attached hydrogen (secondary N) is 1. The number of amides is 1. The van der Waals surface area contributed by atoms with Gasteiger partial charge in [-0.3, -0.25) is 4.79 Å². The smallest absolute Gasteiger partial charge is 0.258 e. The van der Waals surface area contributed by atoms with E-state index in [1.54, 1.807) is 6.08 Å². The highest BCUT2D eigenvalue weighted by Crippen LogP contribution is 2.41. The molecular weight excluding hydrogens is 336 g/mol. The standard InChI is InChI=1S/C23H28N2O2/c1-4-6-11-17-27-21-15-10-8-13-19(21)23(3)24-20-14-9-7-12-18(20)22(26)25(23)16-5-2/h5,7-10,12-15,24H,2,4,6,11,16-17H2,1,3H3. The van der Waals surface area contributed by atoms with Crippen LogP contribution in [0.25, 0.3) is 0 Å². The summed E-state index contributed by atoms with van der Waals surface area (Å²) in [6.07, 6.45) is 5.08. The van der Waals surface area contributed by atoms with Crippen molar-refractivity contribution in [2.24, 2.45) is 0 Å². The number of carbonyl (C=O) groups is 1. The summed E-state index contributed by atoms with van der Waals surface area (Å²) in [7, 11) is 0. The molecule has 0 aromatic heterocycles. The van der Waals surface area contributed by atoms with E-state index in [-0.39, 0.29) is 5.91 Å². The van der Waals surface area contributed by atoms with Crippen molar-refractivity contribution in [3.05, 3.63) is 72.3 Å². The molecule has 0 bridgehead atoms. The van der Waals surface area contributed by atoms with E-state index in [0.717, 1.165) is 36.3 Å². The predicted octanol–water partition coefficient (Wildman–Crippen LogP) is 5.18. The number of ether oxygens (including phenoxy) is 1. The molecule has 27 heavy (non-hydrogen) atoms. The first-order valence-corrected chi connectivity index (χ1v) is 9.64. The monoisotopic (exact) mass is 364 g/mol. The average molecular weight is 364 g/mol. The number of unbranched alkanes of at least 4 members (excludes halogenated alkanes) is 2. The Hall–Kier alpha value is -2.75. The zero-order valence-electron chi connectivity index (χ0n) is 16.2. The Bertz CT molecular complexity index is 818. The fourth-order valence-electron chi connectivity index (χ4n) is 3.59. The third-order valence-corrected chi connectivity index (χ3v) is 5.05. The number of fused-ring (bicyclic) bond motifs is 1. The molecule has 0 fully saturated rings. The summed E-state index contributed by atoms with van der Waals surface area (Å²) in [6, 6.07) is 15.6. The molecule has 1 aliphatic heterocycles. The van der Waals surface area contributed by atoms with Gasteiger partial charge in [0.25, 0.3) is 5.91 Å². The molecule has 1 N–H and O–H groups in total. The van der Waals surface area contributed by atoms with Crippen LogP contribution in [0.15, 0.2) is 61.2 Å². The maximum Gasteiger partial charge on any atom is 0.258 e. The van der Waals surface area contributed by atoms with E-state index in [4.69, 9.17) is 4.74 Å². The van der Waals surface area contributed by atoms with Gasteiger partial charge in [0.1, 0.15) is 11.4 Å². The summed E-state index contributed by atoms with van der Waals surface area (Å²) in [5.74, 6) is 0.803. The van der Waals surface area contributed by atoms with E-state index in [2.05, 4.69) is 18.8 Å². The summed E-state index contributed by atoms with van der Waals surface area (Å²) in [4.78, 5) is 15.0. The molecule has 0 radical (unpaired) electrons. The fraction of sp³-hybridized carbons (Fsp3) is 0.348. The van der Waals surface area contributed by atoms with E-state index in [1.807, 2.05) is 60.4 Å². The zero-order valence-corrected chi connectivity index (χ0v) is 16.2. The second kappa shape index (κ2) is 8.30. The maximum atomic E-state index is 13.2. The van der Waals surface area contributed by atoms with Crippen LogP contribution in [0.2, 0.25) is 0 Å². The minimum Gasteiger partial charge on any atom is -0.493 e. The number of carbonyl (C=O) groups excluding carboxylic acids is 1. The van der Waals surface area contributed by atoms with Gasteiger partial charge in [-0.25, -0.2) is 0 Å². The van der Waals surface area contributed by atoms with Crippen molar-refractivity contribution in [3.8, 4) is 5.75 Å². The first kappa shape index (κ1) is 19.0. The largest absolute Gasteiger partial charge is 0.493 e. The predicted molar refractivity (Wildman–Crippen MR) is 110 cm³/mol. The lowest BCUT2D eigenvalue weighted by atomic mass is 9.92. The van der Waals surface area contributed by atoms with E-state index >= 15 is 0 Å². The van der Waals surface area contributed by atoms with Crippen LogP contribution in [0.3, 0.4) is 0 Å². The molecule has 1 aliphatic rings. The third kappa shape index (κ3) is 3.70. The number of hydrogen-bond donors (Lipinski definition) is 1. The van der Waals surface area contributed by atoms with Crippen molar-refractivity contribution in [2.45, 2.75) is 38.8 Å². The van der Waals surface area contributed by atoms with Gasteiger partial charge in [0.05, 0.1) is 12.2 Å². The molecule has 1 unspecified atom stereocenters. The SMILES string of the molecule is C=CCN1C(=O)c2ccccc2NC1(C)c1ccccc1OCCCCC. The molecule has 0 aliphatic carbocycles. The molecule has 1 heterocycles. The number of benzene rings is 2. The lowest BCUT2D eigenvalue weighted by Gasteiger charge is -2.46. The van der Waals surface area contributed by atoms with Gasteiger partial charge in [-0.05, 0) is 31.5 Å². The van der Waals surface area contributed by atoms with Gasteiger partial charge in [-0.15, -0.1) is 6.58 Å². The van der Waals surface area contributed by atoms with Crippen LogP contribution in [0.4, 0.5) is 5.69 Å². The van der Waals surface area contributed by atoms with Gasteiger partial charge in [0, 0.05) is 17.8 Å². The first-order chi connectivity index (χ1) is 13.1. The minimum absolute atomic E-state index is 0.00691. The van der Waals surface area contributed by atoms with Crippen molar-refractivity contribution < 1.29 is 9.53 Å². The van der Waals surface area contributed by atoms with Crippen molar-refractivity contribution in [1.82, 2.24) is 4.90 Å². The minimum atomic E-state index is -0.721. The topological polar surface area (TPSA) is 41.6 Å². The average Bonchev–Trinajstić information content (AvgIpc) is 2.69. The Balaban J connectivity index is 2.00. The Morgan fingerprint density at radius 3 is 2.67 bits per heavy atom. The lowest BCUT2D eigenvalue weighted by Crippen LogP contribution is -2.56. The van der Waals surface area contributed by atoms with Crippen LogP contribution in [0.5, 0.6) is 5.75 Å². The molecule has 1 atom stereocenters. The number of hydrogen-bond acceptors (Lipinski definition) is 3. The Labute approximate surface area is 161 Å². The molecule has 0 spiro atoms. The zero-order chi connectivity index (χ0) is 19.3. The molecule has 1 amide bonds. The van der Waals surface area contributed by atoms with Gasteiger partial charge < -0.3 is 15.0 Å². The van der Waals surface area contributed by atoms with Crippen LogP contribution in [-0.4, -0.2) is 24.0 Å². The molecule has 0 saturated carbocycles. The van der Waals surface area contributed by atoms with Crippen LogP contribution in [-0.2, 0) is 5.66 Å². The number of rotatable bonds is 8.